The van der Waals surface area contributed by atoms with Crippen LogP contribution in [0.15, 0.2) is 108 Å². The summed E-state index contributed by atoms with van der Waals surface area (Å²) in [5, 5.41) is 5.43. The Morgan fingerprint density at radius 3 is 2.49 bits per heavy atom. The molecular weight excluding hydrogens is 561 g/mol. The third-order valence-electron chi connectivity index (χ3n) is 6.46. The number of hydrogen-bond acceptors (Lipinski definition) is 4. The smallest absolute Gasteiger partial charge is 0.272 e. The summed E-state index contributed by atoms with van der Waals surface area (Å²) in [5.74, 6) is -1.60. The second-order valence-electron chi connectivity index (χ2n) is 9.21. The van der Waals surface area contributed by atoms with Crippen molar-refractivity contribution in [2.45, 2.75) is 11.3 Å². The molecule has 0 atom stereocenters. The molecule has 1 aliphatic heterocycles. The largest absolute Gasteiger partial charge is 0.321 e. The van der Waals surface area contributed by atoms with Gasteiger partial charge in [0, 0.05) is 33.9 Å². The number of para-hydroxylation sites is 1. The Bertz CT molecular complexity index is 1620. The van der Waals surface area contributed by atoms with Crippen LogP contribution in [0.3, 0.4) is 0 Å². The Morgan fingerprint density at radius 1 is 0.927 bits per heavy atom. The number of thioether (sulfide) groups is 1. The minimum Gasteiger partial charge on any atom is -0.321 e. The molecule has 1 heterocycles. The average molecular weight is 586 g/mol. The summed E-state index contributed by atoms with van der Waals surface area (Å²) < 4.78 is 14.6. The van der Waals surface area contributed by atoms with E-state index in [0.29, 0.717) is 17.8 Å². The highest BCUT2D eigenvalue weighted by Crippen LogP contribution is 2.29. The molecule has 4 aromatic rings. The third kappa shape index (κ3) is 6.85. The van der Waals surface area contributed by atoms with E-state index in [1.807, 2.05) is 30.3 Å². The molecule has 3 amide bonds. The number of carbonyl (C=O) groups is 3. The van der Waals surface area contributed by atoms with E-state index in [2.05, 4.69) is 10.6 Å². The van der Waals surface area contributed by atoms with Gasteiger partial charge in [-0.1, -0.05) is 60.1 Å². The van der Waals surface area contributed by atoms with E-state index in [-0.39, 0.29) is 27.9 Å². The summed E-state index contributed by atoms with van der Waals surface area (Å²) in [7, 11) is 0. The molecule has 2 N–H and O–H groups in total. The standard InChI is InChI=1S/C32H25ClFN3O3S/c33-26-13-7-14-27(34)25(26)19-28(36-31(39)22-9-2-1-3-10-22)32(40)35-23-11-6-12-24(18-23)41-20-30(38)37-17-16-21-8-4-5-15-29(21)37/h1-15,18-19H,16-17,20H2,(H,35,40)(H,36,39)/b28-19-. The Labute approximate surface area is 246 Å². The van der Waals surface area contributed by atoms with Crippen LogP contribution in [0.4, 0.5) is 15.8 Å². The minimum atomic E-state index is -0.666. The van der Waals surface area contributed by atoms with E-state index in [0.717, 1.165) is 22.6 Å². The maximum Gasteiger partial charge on any atom is 0.272 e. The number of hydrogen-bond donors (Lipinski definition) is 2. The first-order valence-electron chi connectivity index (χ1n) is 12.8. The van der Waals surface area contributed by atoms with E-state index in [4.69, 9.17) is 11.6 Å². The van der Waals surface area contributed by atoms with Crippen molar-refractivity contribution in [2.75, 3.05) is 22.5 Å². The van der Waals surface area contributed by atoms with Gasteiger partial charge in [0.15, 0.2) is 0 Å². The predicted molar refractivity (Wildman–Crippen MR) is 162 cm³/mol. The summed E-state index contributed by atoms with van der Waals surface area (Å²) in [4.78, 5) is 41.7. The molecule has 1 aliphatic rings. The van der Waals surface area contributed by atoms with Gasteiger partial charge >= 0.3 is 0 Å². The van der Waals surface area contributed by atoms with Gasteiger partial charge in [0.25, 0.3) is 11.8 Å². The van der Waals surface area contributed by atoms with Gasteiger partial charge in [0.05, 0.1) is 10.8 Å². The fourth-order valence-electron chi connectivity index (χ4n) is 4.42. The lowest BCUT2D eigenvalue weighted by atomic mass is 10.1. The van der Waals surface area contributed by atoms with Gasteiger partial charge in [0.1, 0.15) is 11.5 Å². The lowest BCUT2D eigenvalue weighted by Gasteiger charge is -2.17. The van der Waals surface area contributed by atoms with Crippen LogP contribution in [-0.2, 0) is 16.0 Å². The van der Waals surface area contributed by atoms with Crippen LogP contribution in [0.2, 0.25) is 5.02 Å². The summed E-state index contributed by atoms with van der Waals surface area (Å²) in [6, 6.07) is 27.4. The molecule has 0 radical (unpaired) electrons. The molecule has 0 saturated carbocycles. The molecular formula is C32H25ClFN3O3S. The number of amides is 3. The summed E-state index contributed by atoms with van der Waals surface area (Å²) in [6.45, 7) is 0.657. The highest BCUT2D eigenvalue weighted by molar-refractivity contribution is 8.00. The van der Waals surface area contributed by atoms with Gasteiger partial charge in [-0.3, -0.25) is 14.4 Å². The van der Waals surface area contributed by atoms with Gasteiger partial charge in [-0.05, 0) is 66.6 Å². The van der Waals surface area contributed by atoms with E-state index < -0.39 is 17.6 Å². The molecule has 5 rings (SSSR count). The van der Waals surface area contributed by atoms with E-state index in [1.165, 1.54) is 36.0 Å². The van der Waals surface area contributed by atoms with Crippen LogP contribution in [0.25, 0.3) is 6.08 Å². The normalized spacial score (nSPS) is 12.5. The van der Waals surface area contributed by atoms with Gasteiger partial charge in [-0.15, -0.1) is 11.8 Å². The van der Waals surface area contributed by atoms with Crippen LogP contribution >= 0.6 is 23.4 Å². The van der Waals surface area contributed by atoms with Crippen molar-refractivity contribution in [1.82, 2.24) is 5.32 Å². The third-order valence-corrected chi connectivity index (χ3v) is 7.77. The highest BCUT2D eigenvalue weighted by Gasteiger charge is 2.24. The highest BCUT2D eigenvalue weighted by atomic mass is 35.5. The molecule has 0 spiro atoms. The molecule has 0 aromatic heterocycles. The van der Waals surface area contributed by atoms with Gasteiger partial charge in [-0.25, -0.2) is 4.39 Å². The zero-order valence-corrected chi connectivity index (χ0v) is 23.3. The maximum atomic E-state index is 14.6. The molecule has 4 aromatic carbocycles. The Morgan fingerprint density at radius 2 is 1.68 bits per heavy atom. The molecule has 0 aliphatic carbocycles. The number of benzene rings is 4. The number of rotatable bonds is 8. The second-order valence-corrected chi connectivity index (χ2v) is 10.7. The first kappa shape index (κ1) is 28.1. The maximum absolute atomic E-state index is 14.6. The number of fused-ring (bicyclic) bond motifs is 1. The SMILES string of the molecule is O=C(Nc1cccc(SCC(=O)N2CCc3ccccc32)c1)/C(=C/c1c(F)cccc1Cl)NC(=O)c1ccccc1. The van der Waals surface area contributed by atoms with Crippen molar-refractivity contribution in [3.63, 3.8) is 0 Å². The number of carbonyl (C=O) groups excluding carboxylic acids is 3. The van der Waals surface area contributed by atoms with Gasteiger partial charge in [0.2, 0.25) is 5.91 Å². The average Bonchev–Trinajstić information content (AvgIpc) is 3.42. The van der Waals surface area contributed by atoms with Crippen molar-refractivity contribution in [2.24, 2.45) is 0 Å². The number of anilines is 2. The van der Waals surface area contributed by atoms with E-state index in [1.54, 1.807) is 53.4 Å². The van der Waals surface area contributed by atoms with Crippen LogP contribution in [0.1, 0.15) is 21.5 Å². The van der Waals surface area contributed by atoms with Crippen LogP contribution in [-0.4, -0.2) is 30.0 Å². The molecule has 206 valence electrons. The number of nitrogens with zero attached hydrogens (tertiary/aromatic N) is 1. The molecule has 0 saturated heterocycles. The second kappa shape index (κ2) is 12.8. The quantitative estimate of drug-likeness (QED) is 0.181. The van der Waals surface area contributed by atoms with Gasteiger partial charge in [-0.2, -0.15) is 0 Å². The summed E-state index contributed by atoms with van der Waals surface area (Å²) in [5.41, 5.74) is 2.67. The van der Waals surface area contributed by atoms with Crippen LogP contribution in [0.5, 0.6) is 0 Å². The minimum absolute atomic E-state index is 0.00463. The first-order valence-corrected chi connectivity index (χ1v) is 14.2. The van der Waals surface area contributed by atoms with Crippen molar-refractivity contribution in [3.8, 4) is 0 Å². The number of nitrogens with one attached hydrogen (secondary N) is 2. The van der Waals surface area contributed by atoms with E-state index >= 15 is 0 Å². The lowest BCUT2D eigenvalue weighted by molar-refractivity contribution is -0.116. The molecule has 0 fully saturated rings. The summed E-state index contributed by atoms with van der Waals surface area (Å²) >= 11 is 7.55. The Balaban J connectivity index is 1.31. The fraction of sp³-hybridized carbons (Fsp3) is 0.0938. The molecule has 0 bridgehead atoms. The zero-order chi connectivity index (χ0) is 28.8. The number of halogens is 2. The van der Waals surface area contributed by atoms with Crippen molar-refractivity contribution in [1.29, 1.82) is 0 Å². The Kier molecular flexibility index (Phi) is 8.82. The Hall–Kier alpha value is -4.40. The van der Waals surface area contributed by atoms with Gasteiger partial charge < -0.3 is 15.5 Å². The first-order chi connectivity index (χ1) is 19.9. The zero-order valence-electron chi connectivity index (χ0n) is 21.8. The monoisotopic (exact) mass is 585 g/mol. The summed E-state index contributed by atoms with van der Waals surface area (Å²) in [6.07, 6.45) is 2.04. The lowest BCUT2D eigenvalue weighted by Crippen LogP contribution is -2.31. The van der Waals surface area contributed by atoms with Crippen LogP contribution in [0, 0.1) is 5.82 Å². The van der Waals surface area contributed by atoms with Crippen molar-refractivity contribution < 1.29 is 18.8 Å². The molecule has 0 unspecified atom stereocenters. The molecule has 9 heteroatoms. The predicted octanol–water partition coefficient (Wildman–Crippen LogP) is 6.57. The topological polar surface area (TPSA) is 78.5 Å². The molecule has 6 nitrogen and oxygen atoms in total. The fourth-order valence-corrected chi connectivity index (χ4v) is 5.47. The van der Waals surface area contributed by atoms with Crippen molar-refractivity contribution in [3.05, 3.63) is 130 Å². The van der Waals surface area contributed by atoms with E-state index in [9.17, 15) is 18.8 Å². The molecule has 41 heavy (non-hydrogen) atoms. The van der Waals surface area contributed by atoms with Crippen molar-refractivity contribution >= 4 is 58.5 Å². The van der Waals surface area contributed by atoms with Crippen LogP contribution < -0.4 is 15.5 Å².